The predicted molar refractivity (Wildman–Crippen MR) is 185 cm³/mol. The molecule has 4 N–H and O–H groups in total. The molecule has 0 bridgehead atoms. The van der Waals surface area contributed by atoms with Crippen LogP contribution in [-0.4, -0.2) is 35.7 Å². The second-order valence-electron chi connectivity index (χ2n) is 12.3. The molecule has 0 aromatic heterocycles. The van der Waals surface area contributed by atoms with Crippen LogP contribution in [0.15, 0.2) is 133 Å². The number of carboxylic acid groups (broad SMARTS) is 1. The molecule has 5 aromatic rings. The van der Waals surface area contributed by atoms with Crippen molar-refractivity contribution in [2.45, 2.75) is 43.2 Å². The number of rotatable bonds is 13. The van der Waals surface area contributed by atoms with Crippen molar-refractivity contribution in [3.8, 4) is 11.1 Å². The van der Waals surface area contributed by atoms with Crippen molar-refractivity contribution < 1.29 is 19.4 Å². The highest BCUT2D eigenvalue weighted by atomic mass is 16.5. The number of benzene rings is 5. The normalized spacial score (nSPS) is 13.7. The number of carbonyl (C=O) groups is 2. The summed E-state index contributed by atoms with van der Waals surface area (Å²) in [4.78, 5) is 28.3. The molecule has 1 aliphatic carbocycles. The summed E-state index contributed by atoms with van der Waals surface area (Å²) >= 11 is 0. The lowest BCUT2D eigenvalue weighted by Gasteiger charge is -2.43. The quantitative estimate of drug-likeness (QED) is 0.0555. The zero-order valence-corrected chi connectivity index (χ0v) is 26.6. The molecule has 0 aliphatic heterocycles. The molecule has 6 rings (SSSR count). The van der Waals surface area contributed by atoms with E-state index in [9.17, 15) is 14.7 Å². The third-order valence-corrected chi connectivity index (χ3v) is 9.36. The van der Waals surface area contributed by atoms with Crippen LogP contribution in [0.25, 0.3) is 11.1 Å². The molecule has 1 atom stereocenters. The van der Waals surface area contributed by atoms with Gasteiger partial charge in [-0.05, 0) is 71.7 Å². The molecular weight excluding hydrogens is 584 g/mol. The Balaban J connectivity index is 1.47. The lowest BCUT2D eigenvalue weighted by Crippen LogP contribution is -2.66. The first-order valence-electron chi connectivity index (χ1n) is 16.2. The number of ether oxygens (including phenoxy) is 1. The Morgan fingerprint density at radius 2 is 1.19 bits per heavy atom. The fourth-order valence-electron chi connectivity index (χ4n) is 6.94. The summed E-state index contributed by atoms with van der Waals surface area (Å²) in [5.41, 5.74) is 10.3. The number of carboxylic acids is 1. The Morgan fingerprint density at radius 3 is 1.70 bits per heavy atom. The summed E-state index contributed by atoms with van der Waals surface area (Å²) in [6.07, 6.45) is 0.957. The van der Waals surface area contributed by atoms with E-state index < -0.39 is 23.0 Å². The number of nitrogens with two attached hydrogens (primary N) is 1. The van der Waals surface area contributed by atoms with E-state index in [1.807, 2.05) is 128 Å². The molecule has 47 heavy (non-hydrogen) atoms. The Kier molecular flexibility index (Phi) is 9.34. The van der Waals surface area contributed by atoms with Gasteiger partial charge in [-0.3, -0.25) is 5.32 Å². The highest BCUT2D eigenvalue weighted by molar-refractivity contribution is 6.04. The molecule has 0 amide bonds. The summed E-state index contributed by atoms with van der Waals surface area (Å²) in [5.74, 6) is -2.34. The van der Waals surface area contributed by atoms with Gasteiger partial charge in [0, 0.05) is 5.92 Å². The minimum Gasteiger partial charge on any atom is -0.479 e. The summed E-state index contributed by atoms with van der Waals surface area (Å²) in [6.45, 7) is 2.39. The van der Waals surface area contributed by atoms with Gasteiger partial charge >= 0.3 is 11.9 Å². The molecule has 0 unspecified atom stereocenters. The summed E-state index contributed by atoms with van der Waals surface area (Å²) in [5, 5.41) is 14.7. The molecule has 0 saturated heterocycles. The Hall–Kier alpha value is -5.04. The Morgan fingerprint density at radius 1 is 0.702 bits per heavy atom. The van der Waals surface area contributed by atoms with Gasteiger partial charge < -0.3 is 15.6 Å². The third kappa shape index (κ3) is 5.98. The second kappa shape index (κ2) is 13.8. The summed E-state index contributed by atoms with van der Waals surface area (Å²) in [6, 6.07) is 43.6. The highest BCUT2D eigenvalue weighted by Crippen LogP contribution is 2.45. The van der Waals surface area contributed by atoms with Gasteiger partial charge in [0.1, 0.15) is 6.61 Å². The van der Waals surface area contributed by atoms with Crippen molar-refractivity contribution >= 4 is 11.9 Å². The maximum atomic E-state index is 14.6. The minimum atomic E-state index is -2.11. The molecule has 1 aliphatic rings. The number of aryl methyl sites for hydroxylation is 1. The fourth-order valence-corrected chi connectivity index (χ4v) is 6.94. The van der Waals surface area contributed by atoms with Crippen LogP contribution in [0.4, 0.5) is 0 Å². The average molecular weight is 625 g/mol. The largest absolute Gasteiger partial charge is 0.479 e. The van der Waals surface area contributed by atoms with E-state index in [2.05, 4.69) is 17.4 Å². The minimum absolute atomic E-state index is 0.00860. The van der Waals surface area contributed by atoms with Gasteiger partial charge in [-0.1, -0.05) is 139 Å². The first kappa shape index (κ1) is 31.9. The van der Waals surface area contributed by atoms with Crippen LogP contribution in [0, 0.1) is 6.92 Å². The highest BCUT2D eigenvalue weighted by Gasteiger charge is 2.54. The number of fused-ring (bicyclic) bond motifs is 3. The standard InChI is InChI=1S/C41H40N2O4/c1-29-22-24-32(25-23-29)41(30-14-4-2-5-15-30,31-16-6-3-7-17-31)43-40(38(44)45,26-12-13-27-42)39(46)47-28-37-35-20-10-8-18-33(35)34-19-9-11-21-36(34)37/h2-11,14-25,37,43H,12-13,26-28,42H2,1H3,(H,44,45)/t40-/m0/s1. The van der Waals surface area contributed by atoms with Crippen LogP contribution in [0.5, 0.6) is 0 Å². The van der Waals surface area contributed by atoms with Gasteiger partial charge in [-0.25, -0.2) is 9.59 Å². The van der Waals surface area contributed by atoms with E-state index in [-0.39, 0.29) is 18.9 Å². The molecule has 0 saturated carbocycles. The van der Waals surface area contributed by atoms with Crippen LogP contribution in [0.1, 0.15) is 58.6 Å². The third-order valence-electron chi connectivity index (χ3n) is 9.36. The van der Waals surface area contributed by atoms with Crippen molar-refractivity contribution in [3.05, 3.63) is 167 Å². The predicted octanol–water partition coefficient (Wildman–Crippen LogP) is 7.18. The summed E-state index contributed by atoms with van der Waals surface area (Å²) in [7, 11) is 0. The number of hydrogen-bond donors (Lipinski definition) is 3. The molecule has 6 heteroatoms. The van der Waals surface area contributed by atoms with Gasteiger partial charge in [0.05, 0.1) is 5.54 Å². The maximum absolute atomic E-state index is 14.6. The first-order chi connectivity index (χ1) is 22.9. The number of hydrogen-bond acceptors (Lipinski definition) is 5. The van der Waals surface area contributed by atoms with E-state index in [0.29, 0.717) is 19.4 Å². The van der Waals surface area contributed by atoms with E-state index in [0.717, 1.165) is 44.5 Å². The number of nitrogens with one attached hydrogen (secondary N) is 1. The molecular formula is C41H40N2O4. The fraction of sp³-hybridized carbons (Fsp3) is 0.220. The van der Waals surface area contributed by atoms with Gasteiger partial charge in [0.2, 0.25) is 5.54 Å². The van der Waals surface area contributed by atoms with Gasteiger partial charge in [-0.2, -0.15) is 0 Å². The van der Waals surface area contributed by atoms with Crippen molar-refractivity contribution in [1.82, 2.24) is 5.32 Å². The number of carbonyl (C=O) groups excluding carboxylic acids is 1. The molecule has 238 valence electrons. The van der Waals surface area contributed by atoms with Crippen LogP contribution >= 0.6 is 0 Å². The van der Waals surface area contributed by atoms with E-state index in [4.69, 9.17) is 10.5 Å². The molecule has 0 fully saturated rings. The van der Waals surface area contributed by atoms with Gasteiger partial charge in [0.15, 0.2) is 0 Å². The summed E-state index contributed by atoms with van der Waals surface area (Å²) < 4.78 is 6.16. The van der Waals surface area contributed by atoms with Crippen LogP contribution in [0.3, 0.4) is 0 Å². The SMILES string of the molecule is Cc1ccc(C(N[C@@](CCCCN)(C(=O)O)C(=O)OCC2c3ccccc3-c3ccccc32)(c2ccccc2)c2ccccc2)cc1. The lowest BCUT2D eigenvalue weighted by molar-refractivity contribution is -0.165. The van der Waals surface area contributed by atoms with Crippen LogP contribution in [-0.2, 0) is 19.9 Å². The number of aliphatic carboxylic acids is 1. The van der Waals surface area contributed by atoms with Crippen molar-refractivity contribution in [2.75, 3.05) is 13.2 Å². The number of esters is 1. The van der Waals surface area contributed by atoms with Crippen molar-refractivity contribution in [1.29, 1.82) is 0 Å². The zero-order valence-electron chi connectivity index (χ0n) is 26.6. The molecule has 6 nitrogen and oxygen atoms in total. The van der Waals surface area contributed by atoms with Crippen LogP contribution in [0.2, 0.25) is 0 Å². The average Bonchev–Trinajstić information content (AvgIpc) is 3.43. The van der Waals surface area contributed by atoms with Crippen molar-refractivity contribution in [2.24, 2.45) is 5.73 Å². The van der Waals surface area contributed by atoms with E-state index >= 15 is 0 Å². The first-order valence-corrected chi connectivity index (χ1v) is 16.2. The Labute approximate surface area is 276 Å². The van der Waals surface area contributed by atoms with Gasteiger partial charge in [0.25, 0.3) is 0 Å². The van der Waals surface area contributed by atoms with E-state index in [1.54, 1.807) is 0 Å². The molecule has 0 radical (unpaired) electrons. The maximum Gasteiger partial charge on any atom is 0.338 e. The van der Waals surface area contributed by atoms with E-state index in [1.165, 1.54) is 0 Å². The smallest absolute Gasteiger partial charge is 0.338 e. The molecule has 0 heterocycles. The molecule has 5 aromatic carbocycles. The van der Waals surface area contributed by atoms with Gasteiger partial charge in [-0.15, -0.1) is 0 Å². The Bertz CT molecular complexity index is 1750. The van der Waals surface area contributed by atoms with Crippen molar-refractivity contribution in [3.63, 3.8) is 0 Å². The zero-order chi connectivity index (χ0) is 32.9. The van der Waals surface area contributed by atoms with Crippen LogP contribution < -0.4 is 11.1 Å². The second-order valence-corrected chi connectivity index (χ2v) is 12.3. The lowest BCUT2D eigenvalue weighted by atomic mass is 9.74. The number of unbranched alkanes of at least 4 members (excludes halogenated alkanes) is 1. The topological polar surface area (TPSA) is 102 Å². The monoisotopic (exact) mass is 624 g/mol. The molecule has 0 spiro atoms.